The van der Waals surface area contributed by atoms with Crippen LogP contribution in [-0.4, -0.2) is 33.8 Å². The van der Waals surface area contributed by atoms with Crippen molar-refractivity contribution in [3.63, 3.8) is 0 Å². The second-order valence-electron chi connectivity index (χ2n) is 11.1. The SMILES string of the molecule is C1CCC([PH]([Ru][CH]2NC3CCCCC3N2)(C2CCCCC2)C2CCCCC2)CC1. The molecule has 2 N–H and O–H groups in total. The molecule has 1 aliphatic heterocycles. The van der Waals surface area contributed by atoms with Gasteiger partial charge < -0.3 is 0 Å². The van der Waals surface area contributed by atoms with Gasteiger partial charge in [0.2, 0.25) is 0 Å². The average molecular weight is 508 g/mol. The summed E-state index contributed by atoms with van der Waals surface area (Å²) in [6.07, 6.45) is 29.6. The molecule has 0 aromatic carbocycles. The predicted octanol–water partition coefficient (Wildman–Crippen LogP) is 6.52. The van der Waals surface area contributed by atoms with Gasteiger partial charge in [0, 0.05) is 0 Å². The molecule has 5 rings (SSSR count). The van der Waals surface area contributed by atoms with Crippen LogP contribution in [0.2, 0.25) is 0 Å². The molecule has 170 valence electrons. The van der Waals surface area contributed by atoms with Crippen molar-refractivity contribution in [3.05, 3.63) is 0 Å². The third-order valence-electron chi connectivity index (χ3n) is 9.42. The second kappa shape index (κ2) is 10.3. The molecule has 2 nitrogen and oxygen atoms in total. The van der Waals surface area contributed by atoms with Crippen molar-refractivity contribution in [2.24, 2.45) is 0 Å². The molecule has 0 radical (unpaired) electrons. The van der Waals surface area contributed by atoms with Crippen LogP contribution in [-0.2, 0) is 16.6 Å². The summed E-state index contributed by atoms with van der Waals surface area (Å²) < 4.78 is 0.757. The van der Waals surface area contributed by atoms with Crippen LogP contribution < -0.4 is 10.6 Å². The number of hydrogen-bond donors (Lipinski definition) is 2. The summed E-state index contributed by atoms with van der Waals surface area (Å²) in [5.74, 6) is 0. The van der Waals surface area contributed by atoms with Crippen molar-refractivity contribution >= 4 is 5.59 Å². The monoisotopic (exact) mass is 508 g/mol. The van der Waals surface area contributed by atoms with Gasteiger partial charge in [-0.05, 0) is 0 Å². The minimum absolute atomic E-state index is 0.512. The molecule has 4 saturated carbocycles. The van der Waals surface area contributed by atoms with Gasteiger partial charge in [-0.15, -0.1) is 0 Å². The molecule has 29 heavy (non-hydrogen) atoms. The van der Waals surface area contributed by atoms with E-state index in [1.165, 1.54) is 61.9 Å². The average Bonchev–Trinajstić information content (AvgIpc) is 3.22. The Balaban J connectivity index is 1.44. The summed E-state index contributed by atoms with van der Waals surface area (Å²) in [6, 6.07) is 1.64. The second-order valence-corrected chi connectivity index (χ2v) is 22.4. The van der Waals surface area contributed by atoms with Gasteiger partial charge in [-0.3, -0.25) is 0 Å². The number of fused-ring (bicyclic) bond motifs is 1. The molecule has 0 spiro atoms. The topological polar surface area (TPSA) is 24.1 Å². The molecule has 4 aliphatic carbocycles. The van der Waals surface area contributed by atoms with E-state index in [1.54, 1.807) is 77.0 Å². The van der Waals surface area contributed by atoms with E-state index < -0.39 is 5.59 Å². The fraction of sp³-hybridized carbons (Fsp3) is 1.00. The van der Waals surface area contributed by atoms with Crippen molar-refractivity contribution in [2.45, 2.75) is 156 Å². The van der Waals surface area contributed by atoms with Crippen molar-refractivity contribution in [2.75, 3.05) is 0 Å². The molecule has 5 fully saturated rings. The molecule has 5 aliphatic rings. The van der Waals surface area contributed by atoms with Gasteiger partial charge in [-0.25, -0.2) is 0 Å². The Morgan fingerprint density at radius 1 is 0.448 bits per heavy atom. The summed E-state index contributed by atoms with van der Waals surface area (Å²) in [6.45, 7) is 0. The number of nitrogens with one attached hydrogen (secondary N) is 2. The third kappa shape index (κ3) is 4.70. The van der Waals surface area contributed by atoms with E-state index in [0.717, 1.165) is 16.8 Å². The summed E-state index contributed by atoms with van der Waals surface area (Å²) >= 11 is 0.512. The van der Waals surface area contributed by atoms with E-state index in [2.05, 4.69) is 10.6 Å². The molecular formula is C25H47N2PRu. The molecule has 0 aromatic rings. The molecule has 2 atom stereocenters. The Labute approximate surface area is 188 Å². The zero-order valence-electron chi connectivity index (χ0n) is 18.8. The van der Waals surface area contributed by atoms with Crippen LogP contribution in [0.3, 0.4) is 0 Å². The van der Waals surface area contributed by atoms with Crippen molar-refractivity contribution in [1.29, 1.82) is 0 Å². The quantitative estimate of drug-likeness (QED) is 0.327. The van der Waals surface area contributed by atoms with Crippen LogP contribution in [0.1, 0.15) is 122 Å². The van der Waals surface area contributed by atoms with Crippen LogP contribution in [0.25, 0.3) is 0 Å². The molecule has 1 heterocycles. The van der Waals surface area contributed by atoms with Gasteiger partial charge in [0.1, 0.15) is 0 Å². The van der Waals surface area contributed by atoms with E-state index >= 15 is 0 Å². The fourth-order valence-electron chi connectivity index (χ4n) is 8.04. The molecule has 4 heteroatoms. The zero-order valence-corrected chi connectivity index (χ0v) is 21.5. The van der Waals surface area contributed by atoms with Gasteiger partial charge in [0.25, 0.3) is 0 Å². The number of hydrogen-bond acceptors (Lipinski definition) is 2. The maximum atomic E-state index is 4.23. The molecule has 0 aromatic heterocycles. The van der Waals surface area contributed by atoms with Crippen LogP contribution in [0.15, 0.2) is 0 Å². The third-order valence-corrected chi connectivity index (χ3v) is 26.5. The van der Waals surface area contributed by atoms with Gasteiger partial charge in [-0.2, -0.15) is 0 Å². The van der Waals surface area contributed by atoms with Gasteiger partial charge in [0.05, 0.1) is 0 Å². The van der Waals surface area contributed by atoms with Gasteiger partial charge in [-0.1, -0.05) is 0 Å². The Morgan fingerprint density at radius 3 is 1.17 bits per heavy atom. The first-order chi connectivity index (χ1) is 14.4. The van der Waals surface area contributed by atoms with E-state index in [9.17, 15) is 0 Å². The van der Waals surface area contributed by atoms with Gasteiger partial charge >= 0.3 is 189 Å². The first kappa shape index (κ1) is 21.8. The normalized spacial score (nSPS) is 36.9. The molecular weight excluding hydrogens is 460 g/mol. The predicted molar refractivity (Wildman–Crippen MR) is 125 cm³/mol. The van der Waals surface area contributed by atoms with Crippen molar-refractivity contribution in [1.82, 2.24) is 10.6 Å². The standard InChI is InChI=1S/C18H33P.C7H13N2.Ru/c1-4-10-16(11-5-1)19(17-12-6-2-7-13-17)18-14-8-3-9-15-18;1-2-4-7-6(3-1)8-5-9-7;/h16-18H,1-15H2;5-9H,1-4H2;/q;;-1/p+1. The summed E-state index contributed by atoms with van der Waals surface area (Å²) in [5.41, 5.74) is 2.35. The summed E-state index contributed by atoms with van der Waals surface area (Å²) in [5, 5.41) is 8.46. The first-order valence-electron chi connectivity index (χ1n) is 13.5. The Bertz CT molecular complexity index is 451. The Morgan fingerprint density at radius 2 is 0.793 bits per heavy atom. The van der Waals surface area contributed by atoms with E-state index in [0.29, 0.717) is 16.6 Å². The van der Waals surface area contributed by atoms with Crippen LogP contribution in [0.4, 0.5) is 0 Å². The van der Waals surface area contributed by atoms with E-state index in [-0.39, 0.29) is 0 Å². The maximum absolute atomic E-state index is 4.23. The van der Waals surface area contributed by atoms with Crippen LogP contribution in [0.5, 0.6) is 0 Å². The molecule has 2 unspecified atom stereocenters. The zero-order chi connectivity index (χ0) is 19.5. The number of rotatable bonds is 5. The van der Waals surface area contributed by atoms with Crippen LogP contribution >= 0.6 is 5.59 Å². The Hall–Kier alpha value is 0.973. The van der Waals surface area contributed by atoms with E-state index in [4.69, 9.17) is 0 Å². The fourth-order valence-corrected chi connectivity index (χ4v) is 27.3. The Kier molecular flexibility index (Phi) is 7.72. The molecule has 0 bridgehead atoms. The first-order valence-corrected chi connectivity index (χ1v) is 19.2. The van der Waals surface area contributed by atoms with Gasteiger partial charge in [0.15, 0.2) is 0 Å². The van der Waals surface area contributed by atoms with E-state index in [1.807, 2.05) is 0 Å². The molecule has 0 amide bonds. The van der Waals surface area contributed by atoms with Crippen molar-refractivity contribution < 1.29 is 16.6 Å². The molecule has 1 saturated heterocycles. The van der Waals surface area contributed by atoms with Crippen LogP contribution in [0, 0.1) is 0 Å². The summed E-state index contributed by atoms with van der Waals surface area (Å²) in [4.78, 5) is 0. The van der Waals surface area contributed by atoms with Crippen molar-refractivity contribution in [3.8, 4) is 0 Å². The summed E-state index contributed by atoms with van der Waals surface area (Å²) in [7, 11) is 0. The minimum atomic E-state index is -1.26.